The van der Waals surface area contributed by atoms with Crippen LogP contribution >= 0.6 is 0 Å². The fourth-order valence-electron chi connectivity index (χ4n) is 2.74. The summed E-state index contributed by atoms with van der Waals surface area (Å²) in [5, 5.41) is 3.44. The molecule has 0 saturated carbocycles. The third-order valence-electron chi connectivity index (χ3n) is 4.28. The molecule has 7 heteroatoms. The maximum atomic E-state index is 12.1. The second-order valence-electron chi connectivity index (χ2n) is 7.31. The fourth-order valence-corrected chi connectivity index (χ4v) is 2.74. The van der Waals surface area contributed by atoms with Crippen molar-refractivity contribution >= 4 is 11.4 Å². The van der Waals surface area contributed by atoms with Crippen LogP contribution in [0.25, 0.3) is 0 Å². The molecule has 3 N–H and O–H groups in total. The van der Waals surface area contributed by atoms with Crippen molar-refractivity contribution in [3.8, 4) is 0 Å². The molecule has 4 nitrogen and oxygen atoms in total. The summed E-state index contributed by atoms with van der Waals surface area (Å²) in [7, 11) is 0. The summed E-state index contributed by atoms with van der Waals surface area (Å²) < 4.78 is 40.1. The Labute approximate surface area is 141 Å². The Hall–Kier alpha value is -1.47. The van der Waals surface area contributed by atoms with E-state index in [-0.39, 0.29) is 11.5 Å². The number of benzene rings is 1. The molecule has 0 unspecified atom stereocenters. The Morgan fingerprint density at radius 3 is 2.38 bits per heavy atom. The van der Waals surface area contributed by atoms with Gasteiger partial charge < -0.3 is 11.1 Å². The molecule has 0 bridgehead atoms. The Balaban J connectivity index is 1.90. The first-order valence-corrected chi connectivity index (χ1v) is 8.14. The van der Waals surface area contributed by atoms with E-state index in [2.05, 4.69) is 36.9 Å². The number of anilines is 2. The van der Waals surface area contributed by atoms with Gasteiger partial charge in [0.1, 0.15) is 6.73 Å². The number of likely N-dealkylation sites (tertiary alicyclic amines) is 1. The van der Waals surface area contributed by atoms with E-state index >= 15 is 0 Å². The van der Waals surface area contributed by atoms with E-state index < -0.39 is 13.1 Å². The zero-order chi connectivity index (χ0) is 18.0. The van der Waals surface area contributed by atoms with Crippen LogP contribution in [0.3, 0.4) is 0 Å². The molecule has 0 spiro atoms. The summed E-state index contributed by atoms with van der Waals surface area (Å²) in [6.07, 6.45) is -3.07. The van der Waals surface area contributed by atoms with Gasteiger partial charge in [-0.25, -0.2) is 0 Å². The summed E-state index contributed by atoms with van der Waals surface area (Å²) in [5.74, 6) is 0. The molecule has 1 aliphatic heterocycles. The van der Waals surface area contributed by atoms with Crippen molar-refractivity contribution in [3.63, 3.8) is 0 Å². The van der Waals surface area contributed by atoms with Crippen molar-refractivity contribution in [3.05, 3.63) is 23.8 Å². The Morgan fingerprint density at radius 1 is 1.21 bits per heavy atom. The van der Waals surface area contributed by atoms with Gasteiger partial charge in [0, 0.05) is 19.1 Å². The van der Waals surface area contributed by atoms with Crippen molar-refractivity contribution in [2.75, 3.05) is 30.9 Å². The second-order valence-corrected chi connectivity index (χ2v) is 7.31. The predicted molar refractivity (Wildman–Crippen MR) is 89.8 cm³/mol. The molecular formula is C17H26F3N3O. The number of hydrogen-bond acceptors (Lipinski definition) is 4. The standard InChI is InChI=1S/C17H26F3N3O/c1-16(2,3)12-4-5-14(21)15(10-12)22-13-6-8-23(9-7-13)11-24-17(18,19)20/h4-5,10,13,22H,6-9,11,21H2,1-3H3. The highest BCUT2D eigenvalue weighted by molar-refractivity contribution is 5.68. The zero-order valence-corrected chi connectivity index (χ0v) is 14.4. The SMILES string of the molecule is CC(C)(C)c1ccc(N)c(NC2CCN(COC(F)(F)F)CC2)c1. The van der Waals surface area contributed by atoms with Crippen LogP contribution in [0.5, 0.6) is 0 Å². The molecule has 0 radical (unpaired) electrons. The van der Waals surface area contributed by atoms with Gasteiger partial charge in [0.15, 0.2) is 0 Å². The highest BCUT2D eigenvalue weighted by Crippen LogP contribution is 2.30. The summed E-state index contributed by atoms with van der Waals surface area (Å²) in [6.45, 7) is 7.14. The van der Waals surface area contributed by atoms with Gasteiger partial charge in [0.05, 0.1) is 11.4 Å². The fraction of sp³-hybridized carbons (Fsp3) is 0.647. The van der Waals surface area contributed by atoms with Gasteiger partial charge >= 0.3 is 6.36 Å². The third kappa shape index (κ3) is 5.56. The number of piperidine rings is 1. The number of nitrogens with zero attached hydrogens (tertiary/aromatic N) is 1. The van der Waals surface area contributed by atoms with Crippen LogP contribution < -0.4 is 11.1 Å². The number of alkyl halides is 3. The van der Waals surface area contributed by atoms with Gasteiger partial charge in [-0.05, 0) is 36.0 Å². The minimum Gasteiger partial charge on any atom is -0.397 e. The first-order valence-electron chi connectivity index (χ1n) is 8.14. The molecule has 1 aromatic carbocycles. The number of nitrogens with two attached hydrogens (primary N) is 1. The van der Waals surface area contributed by atoms with E-state index in [4.69, 9.17) is 5.73 Å². The van der Waals surface area contributed by atoms with E-state index in [0.29, 0.717) is 18.8 Å². The Bertz CT molecular complexity index is 547. The molecule has 0 atom stereocenters. The lowest BCUT2D eigenvalue weighted by molar-refractivity contribution is -0.337. The van der Waals surface area contributed by atoms with Crippen LogP contribution in [0.15, 0.2) is 18.2 Å². The molecular weight excluding hydrogens is 319 g/mol. The monoisotopic (exact) mass is 345 g/mol. The van der Waals surface area contributed by atoms with E-state index in [0.717, 1.165) is 18.5 Å². The van der Waals surface area contributed by atoms with Gasteiger partial charge in [-0.1, -0.05) is 26.8 Å². The average Bonchev–Trinajstić information content (AvgIpc) is 2.47. The van der Waals surface area contributed by atoms with E-state index in [1.54, 1.807) is 4.90 Å². The van der Waals surface area contributed by atoms with Crippen LogP contribution in [-0.2, 0) is 10.2 Å². The highest BCUT2D eigenvalue weighted by atomic mass is 19.4. The number of ether oxygens (including phenoxy) is 1. The average molecular weight is 345 g/mol. The lowest BCUT2D eigenvalue weighted by atomic mass is 9.86. The van der Waals surface area contributed by atoms with Crippen LogP contribution in [0, 0.1) is 0 Å². The molecule has 0 aliphatic carbocycles. The number of nitrogens with one attached hydrogen (secondary N) is 1. The topological polar surface area (TPSA) is 50.5 Å². The Kier molecular flexibility index (Phi) is 5.65. The lowest BCUT2D eigenvalue weighted by Gasteiger charge is -2.33. The maximum absolute atomic E-state index is 12.1. The van der Waals surface area contributed by atoms with E-state index in [1.165, 1.54) is 5.56 Å². The quantitative estimate of drug-likeness (QED) is 0.812. The van der Waals surface area contributed by atoms with Gasteiger partial charge in [-0.3, -0.25) is 9.64 Å². The molecule has 1 heterocycles. The van der Waals surface area contributed by atoms with Gasteiger partial charge in [0.25, 0.3) is 0 Å². The van der Waals surface area contributed by atoms with Gasteiger partial charge in [-0.15, -0.1) is 13.2 Å². The molecule has 136 valence electrons. The summed E-state index contributed by atoms with van der Waals surface area (Å²) in [4.78, 5) is 1.67. The normalized spacial score (nSPS) is 17.9. The second kappa shape index (κ2) is 7.19. The summed E-state index contributed by atoms with van der Waals surface area (Å²) in [5.41, 5.74) is 8.86. The summed E-state index contributed by atoms with van der Waals surface area (Å²) >= 11 is 0. The zero-order valence-electron chi connectivity index (χ0n) is 14.4. The first-order chi connectivity index (χ1) is 11.0. The Morgan fingerprint density at radius 2 is 1.83 bits per heavy atom. The lowest BCUT2D eigenvalue weighted by Crippen LogP contribution is -2.41. The molecule has 24 heavy (non-hydrogen) atoms. The van der Waals surface area contributed by atoms with Crippen LogP contribution in [0.1, 0.15) is 39.2 Å². The number of nitrogen functional groups attached to an aromatic ring is 1. The molecule has 1 fully saturated rings. The summed E-state index contributed by atoms with van der Waals surface area (Å²) in [6, 6.07) is 6.19. The van der Waals surface area contributed by atoms with Crippen LogP contribution in [0.4, 0.5) is 24.5 Å². The van der Waals surface area contributed by atoms with Crippen molar-refractivity contribution < 1.29 is 17.9 Å². The predicted octanol–water partition coefficient (Wildman–Crippen LogP) is 3.94. The molecule has 1 aromatic rings. The molecule has 0 aromatic heterocycles. The van der Waals surface area contributed by atoms with Gasteiger partial charge in [0.2, 0.25) is 0 Å². The van der Waals surface area contributed by atoms with E-state index in [1.807, 2.05) is 12.1 Å². The number of hydrogen-bond donors (Lipinski definition) is 2. The smallest absolute Gasteiger partial charge is 0.397 e. The molecule has 0 amide bonds. The molecule has 2 rings (SSSR count). The first kappa shape index (κ1) is 18.9. The highest BCUT2D eigenvalue weighted by Gasteiger charge is 2.31. The largest absolute Gasteiger partial charge is 0.523 e. The van der Waals surface area contributed by atoms with Crippen molar-refractivity contribution in [1.29, 1.82) is 0 Å². The van der Waals surface area contributed by atoms with E-state index in [9.17, 15) is 13.2 Å². The van der Waals surface area contributed by atoms with Crippen LogP contribution in [-0.4, -0.2) is 37.1 Å². The van der Waals surface area contributed by atoms with Crippen LogP contribution in [0.2, 0.25) is 0 Å². The third-order valence-corrected chi connectivity index (χ3v) is 4.28. The number of halogens is 3. The molecule has 1 aliphatic rings. The minimum atomic E-state index is -4.57. The minimum absolute atomic E-state index is 0.0302. The van der Waals surface area contributed by atoms with Crippen molar-refractivity contribution in [2.45, 2.75) is 51.4 Å². The van der Waals surface area contributed by atoms with Gasteiger partial charge in [-0.2, -0.15) is 0 Å². The molecule has 1 saturated heterocycles. The van der Waals surface area contributed by atoms with Crippen molar-refractivity contribution in [1.82, 2.24) is 4.90 Å². The number of rotatable bonds is 4. The van der Waals surface area contributed by atoms with Crippen molar-refractivity contribution in [2.24, 2.45) is 0 Å². The maximum Gasteiger partial charge on any atom is 0.523 e.